The van der Waals surface area contributed by atoms with Gasteiger partial charge in [0.15, 0.2) is 0 Å². The van der Waals surface area contributed by atoms with Crippen LogP contribution in [0.25, 0.3) is 5.69 Å². The van der Waals surface area contributed by atoms with E-state index in [1.165, 1.54) is 0 Å². The van der Waals surface area contributed by atoms with Gasteiger partial charge in [-0.15, -0.1) is 6.58 Å². The summed E-state index contributed by atoms with van der Waals surface area (Å²) < 4.78 is 7.38. The summed E-state index contributed by atoms with van der Waals surface area (Å²) in [7, 11) is 1.63. The zero-order chi connectivity index (χ0) is 14.7. The average molecular weight is 292 g/mol. The molecule has 0 atom stereocenters. The van der Waals surface area contributed by atoms with E-state index in [0.29, 0.717) is 17.3 Å². The highest BCUT2D eigenvalue weighted by molar-refractivity contribution is 6.31. The van der Waals surface area contributed by atoms with Crippen molar-refractivity contribution < 1.29 is 4.74 Å². The number of aryl methyl sites for hydroxylation is 2. The molecule has 1 aromatic carbocycles. The summed E-state index contributed by atoms with van der Waals surface area (Å²) in [5.41, 5.74) is 2.82. The molecule has 0 radical (unpaired) electrons. The van der Waals surface area contributed by atoms with Crippen molar-refractivity contribution in [1.82, 2.24) is 9.55 Å². The number of anilines is 1. The molecule has 0 saturated heterocycles. The molecule has 0 bridgehead atoms. The number of rotatable bonds is 5. The molecular weight excluding hydrogens is 274 g/mol. The van der Waals surface area contributed by atoms with Crippen LogP contribution >= 0.6 is 11.6 Å². The van der Waals surface area contributed by atoms with Crippen molar-refractivity contribution in [2.75, 3.05) is 19.0 Å². The van der Waals surface area contributed by atoms with Crippen LogP contribution in [-0.4, -0.2) is 23.2 Å². The maximum absolute atomic E-state index is 6.15. The van der Waals surface area contributed by atoms with Gasteiger partial charge in [0.25, 0.3) is 0 Å². The Hall–Kier alpha value is -1.94. The Morgan fingerprint density at radius 1 is 1.45 bits per heavy atom. The molecule has 1 heterocycles. The molecule has 0 saturated carbocycles. The third-order valence-electron chi connectivity index (χ3n) is 2.95. The summed E-state index contributed by atoms with van der Waals surface area (Å²) in [6.45, 7) is 8.26. The van der Waals surface area contributed by atoms with E-state index in [4.69, 9.17) is 16.3 Å². The zero-order valence-corrected chi connectivity index (χ0v) is 12.7. The predicted molar refractivity (Wildman–Crippen MR) is 83.3 cm³/mol. The van der Waals surface area contributed by atoms with Crippen LogP contribution < -0.4 is 10.1 Å². The first-order valence-electron chi connectivity index (χ1n) is 6.32. The maximum atomic E-state index is 6.15. The number of benzene rings is 1. The molecule has 20 heavy (non-hydrogen) atoms. The first kappa shape index (κ1) is 14.5. The second-order valence-corrected chi connectivity index (χ2v) is 4.93. The lowest BCUT2D eigenvalue weighted by Gasteiger charge is -2.14. The molecular formula is C15H18ClN3O. The Kier molecular flexibility index (Phi) is 4.35. The molecule has 0 amide bonds. The summed E-state index contributed by atoms with van der Waals surface area (Å²) in [5.74, 6) is 1.46. The molecule has 0 unspecified atom stereocenters. The van der Waals surface area contributed by atoms with Crippen LogP contribution in [0.2, 0.25) is 5.02 Å². The first-order valence-corrected chi connectivity index (χ1v) is 6.70. The fourth-order valence-corrected chi connectivity index (χ4v) is 2.12. The number of hydrogen-bond donors (Lipinski definition) is 1. The van der Waals surface area contributed by atoms with E-state index < -0.39 is 0 Å². The molecule has 0 aliphatic rings. The zero-order valence-electron chi connectivity index (χ0n) is 11.9. The molecule has 2 aromatic rings. The van der Waals surface area contributed by atoms with E-state index >= 15 is 0 Å². The number of hydrogen-bond acceptors (Lipinski definition) is 3. The van der Waals surface area contributed by atoms with Crippen molar-refractivity contribution in [3.63, 3.8) is 0 Å². The van der Waals surface area contributed by atoms with Crippen LogP contribution in [0.5, 0.6) is 5.75 Å². The van der Waals surface area contributed by atoms with Crippen LogP contribution in [0, 0.1) is 13.8 Å². The van der Waals surface area contributed by atoms with E-state index in [0.717, 1.165) is 22.9 Å². The molecule has 5 heteroatoms. The van der Waals surface area contributed by atoms with Gasteiger partial charge in [-0.05, 0) is 25.5 Å². The van der Waals surface area contributed by atoms with Crippen molar-refractivity contribution in [2.24, 2.45) is 0 Å². The van der Waals surface area contributed by atoms with E-state index in [-0.39, 0.29) is 0 Å². The van der Waals surface area contributed by atoms with Crippen LogP contribution in [0.3, 0.4) is 0 Å². The lowest BCUT2D eigenvalue weighted by molar-refractivity contribution is 0.413. The molecule has 4 nitrogen and oxygen atoms in total. The summed E-state index contributed by atoms with van der Waals surface area (Å²) in [6, 6.07) is 3.81. The topological polar surface area (TPSA) is 39.1 Å². The van der Waals surface area contributed by atoms with Crippen molar-refractivity contribution in [2.45, 2.75) is 13.8 Å². The normalized spacial score (nSPS) is 10.4. The van der Waals surface area contributed by atoms with Crippen molar-refractivity contribution in [3.05, 3.63) is 47.3 Å². The van der Waals surface area contributed by atoms with E-state index in [9.17, 15) is 0 Å². The number of halogens is 1. The Labute approximate surface area is 124 Å². The van der Waals surface area contributed by atoms with Crippen LogP contribution in [0.15, 0.2) is 31.0 Å². The second-order valence-electron chi connectivity index (χ2n) is 4.52. The maximum Gasteiger partial charge on any atom is 0.208 e. The highest BCUT2D eigenvalue weighted by Gasteiger charge is 2.13. The molecule has 1 aromatic heterocycles. The standard InChI is InChI=1S/C15H18ClN3O/c1-5-6-17-15-18-11(3)9-19(15)13-7-10(2)12(16)8-14(13)20-4/h5,7-9H,1,6H2,2-4H3,(H,17,18). The predicted octanol–water partition coefficient (Wildman–Crippen LogP) is 3.75. The van der Waals surface area contributed by atoms with Gasteiger partial charge in [-0.2, -0.15) is 0 Å². The van der Waals surface area contributed by atoms with Gasteiger partial charge in [0.1, 0.15) is 5.75 Å². The van der Waals surface area contributed by atoms with Gasteiger partial charge >= 0.3 is 0 Å². The molecule has 0 fully saturated rings. The smallest absolute Gasteiger partial charge is 0.208 e. The number of nitrogens with one attached hydrogen (secondary N) is 1. The third kappa shape index (κ3) is 2.80. The van der Waals surface area contributed by atoms with E-state index in [2.05, 4.69) is 16.9 Å². The Bertz CT molecular complexity index is 634. The molecule has 0 aliphatic heterocycles. The van der Waals surface area contributed by atoms with Gasteiger partial charge < -0.3 is 10.1 Å². The van der Waals surface area contributed by atoms with Gasteiger partial charge in [-0.1, -0.05) is 17.7 Å². The quantitative estimate of drug-likeness (QED) is 0.853. The lowest BCUT2D eigenvalue weighted by atomic mass is 10.2. The fourth-order valence-electron chi connectivity index (χ4n) is 1.97. The van der Waals surface area contributed by atoms with Crippen LogP contribution in [0.4, 0.5) is 5.95 Å². The van der Waals surface area contributed by atoms with Crippen molar-refractivity contribution in [3.8, 4) is 11.4 Å². The number of methoxy groups -OCH3 is 1. The molecule has 0 spiro atoms. The number of nitrogens with zero attached hydrogens (tertiary/aromatic N) is 2. The largest absolute Gasteiger partial charge is 0.495 e. The van der Waals surface area contributed by atoms with Gasteiger partial charge in [-0.25, -0.2) is 4.98 Å². The minimum atomic E-state index is 0.644. The van der Waals surface area contributed by atoms with Gasteiger partial charge in [-0.3, -0.25) is 4.57 Å². The highest BCUT2D eigenvalue weighted by Crippen LogP contribution is 2.31. The minimum Gasteiger partial charge on any atom is -0.495 e. The molecule has 106 valence electrons. The van der Waals surface area contributed by atoms with Crippen LogP contribution in [-0.2, 0) is 0 Å². The highest BCUT2D eigenvalue weighted by atomic mass is 35.5. The average Bonchev–Trinajstić information content (AvgIpc) is 2.79. The lowest BCUT2D eigenvalue weighted by Crippen LogP contribution is -2.07. The summed E-state index contributed by atoms with van der Waals surface area (Å²) in [6.07, 6.45) is 3.75. The summed E-state index contributed by atoms with van der Waals surface area (Å²) >= 11 is 6.15. The third-order valence-corrected chi connectivity index (χ3v) is 3.36. The van der Waals surface area contributed by atoms with Crippen molar-refractivity contribution in [1.29, 1.82) is 0 Å². The number of ether oxygens (including phenoxy) is 1. The first-order chi connectivity index (χ1) is 9.56. The number of imidazole rings is 1. The summed E-state index contributed by atoms with van der Waals surface area (Å²) in [4.78, 5) is 4.47. The molecule has 2 rings (SSSR count). The van der Waals surface area contributed by atoms with Crippen LogP contribution in [0.1, 0.15) is 11.3 Å². The second kappa shape index (κ2) is 6.01. The van der Waals surface area contributed by atoms with E-state index in [1.807, 2.05) is 36.7 Å². The van der Waals surface area contributed by atoms with Gasteiger partial charge in [0, 0.05) is 23.8 Å². The van der Waals surface area contributed by atoms with E-state index in [1.54, 1.807) is 13.2 Å². The SMILES string of the molecule is C=CCNc1nc(C)cn1-c1cc(C)c(Cl)cc1OC. The van der Waals surface area contributed by atoms with Gasteiger partial charge in [0.05, 0.1) is 18.5 Å². The number of aromatic nitrogens is 2. The fraction of sp³-hybridized carbons (Fsp3) is 0.267. The Balaban J connectivity index is 2.55. The Morgan fingerprint density at radius 3 is 2.85 bits per heavy atom. The molecule has 0 aliphatic carbocycles. The molecule has 1 N–H and O–H groups in total. The minimum absolute atomic E-state index is 0.644. The van der Waals surface area contributed by atoms with Gasteiger partial charge in [0.2, 0.25) is 5.95 Å². The monoisotopic (exact) mass is 291 g/mol. The van der Waals surface area contributed by atoms with Crippen molar-refractivity contribution >= 4 is 17.5 Å². The summed E-state index contributed by atoms with van der Waals surface area (Å²) in [5, 5.41) is 3.90. The Morgan fingerprint density at radius 2 is 2.20 bits per heavy atom.